The van der Waals surface area contributed by atoms with Gasteiger partial charge in [0, 0.05) is 20.8 Å². The predicted molar refractivity (Wildman–Crippen MR) is 233 cm³/mol. The summed E-state index contributed by atoms with van der Waals surface area (Å²) in [5.41, 5.74) is 0. The molecular weight excluding hydrogens is 1030 g/mol. The molecule has 33 nitrogen and oxygen atoms in total. The van der Waals surface area contributed by atoms with Gasteiger partial charge in [0.05, 0.1) is 39.1 Å². The summed E-state index contributed by atoms with van der Waals surface area (Å²) in [4.78, 5) is 36.9. The van der Waals surface area contributed by atoms with Crippen LogP contribution < -0.4 is 16.0 Å². The lowest BCUT2D eigenvalue weighted by Gasteiger charge is -2.50. The normalized spacial score (nSPS) is 48.6. The SMILES string of the molecule is CC(=O)N[C@H]1[C@H](OC[C@H]2O[C@@H](O[C@H]3[C@H](O)[C@@H](NC(C)=O)C(O)O[C@@H]3CO)[C@H](O)[C@@H](O[C@@H]3O[C@H](CO)[C@@H](O)[C@H](O)[C@H]3NC(C)=O)[C@H]2O)O[C@H](CO)[C@@H](O[C@@H]2O[C@H](CO)[C@H](O)[C@H](O)[C@H]2O[C@H]2O[C@H](C)[C@H](O)[C@H](O)[C@H]2O)[C@@H]1O. The molecule has 0 saturated carbocycles. The Bertz CT molecular complexity index is 1850. The molecule has 0 aromatic carbocycles. The van der Waals surface area contributed by atoms with Crippen LogP contribution in [0, 0.1) is 0 Å². The Labute approximate surface area is 426 Å². The molecule has 0 aromatic heterocycles. The summed E-state index contributed by atoms with van der Waals surface area (Å²) in [6.45, 7) is -0.281. The molecule has 6 aliphatic rings. The smallest absolute Gasteiger partial charge is 0.217 e. The van der Waals surface area contributed by atoms with Gasteiger partial charge in [0.2, 0.25) is 17.7 Å². The number of carbonyl (C=O) groups is 3. The second-order valence-electron chi connectivity index (χ2n) is 19.0. The standard InChI is InChI=1S/C42H71N3O30/c1-10-22(53)29(60)31(62)40(66-10)75-36-30(61)24(55)15(6-47)69-42(36)73-34-17(8-49)70-38(21(28(34)59)45-13(4)52)65-9-18-25(56)35(74-39-20(44-12(3)51)26(57)23(54)14(5-46)68-39)32(63)41(71-18)72-33-16(7-48)67-37(64)19(27(33)58)43-11(2)50/h10,14-42,46-49,53-64H,5-9H2,1-4H3,(H,43,50)(H,44,51)(H,45,52)/t10-,14-,15-,16-,17-,18-,19-,20-,21-,22+,23-,24+,25+,26-,27-,28-,29+,30+,31-,32-,33-,34-,35+,36-,37?,38-,39+,40-,41+,42+/m1/s1. The van der Waals surface area contributed by atoms with Crippen molar-refractivity contribution < 1.29 is 148 Å². The molecule has 6 saturated heterocycles. The van der Waals surface area contributed by atoms with Crippen LogP contribution in [0.15, 0.2) is 0 Å². The maximum absolute atomic E-state index is 12.7. The molecule has 75 heavy (non-hydrogen) atoms. The minimum absolute atomic E-state index is 0.743. The highest BCUT2D eigenvalue weighted by Crippen LogP contribution is 2.36. The fourth-order valence-corrected chi connectivity index (χ4v) is 9.55. The van der Waals surface area contributed by atoms with E-state index in [9.17, 15) is 96.1 Å². The van der Waals surface area contributed by atoms with E-state index in [1.165, 1.54) is 6.92 Å². The molecule has 6 heterocycles. The maximum Gasteiger partial charge on any atom is 0.217 e. The van der Waals surface area contributed by atoms with Crippen molar-refractivity contribution >= 4 is 17.7 Å². The number of ether oxygens (including phenoxy) is 11. The highest BCUT2D eigenvalue weighted by Gasteiger charge is 2.57. The number of hydrogen-bond acceptors (Lipinski definition) is 30. The van der Waals surface area contributed by atoms with E-state index in [0.29, 0.717) is 0 Å². The summed E-state index contributed by atoms with van der Waals surface area (Å²) in [5.74, 6) is -2.35. The molecule has 19 N–H and O–H groups in total. The largest absolute Gasteiger partial charge is 0.394 e. The highest BCUT2D eigenvalue weighted by atomic mass is 16.8. The molecule has 0 aromatic rings. The Hall–Kier alpha value is -2.67. The Morgan fingerprint density at radius 3 is 1.36 bits per heavy atom. The summed E-state index contributed by atoms with van der Waals surface area (Å²) in [6.07, 6.45) is -49.6. The molecule has 0 radical (unpaired) electrons. The van der Waals surface area contributed by atoms with Crippen molar-refractivity contribution in [3.05, 3.63) is 0 Å². The summed E-state index contributed by atoms with van der Waals surface area (Å²) >= 11 is 0. The zero-order valence-electron chi connectivity index (χ0n) is 40.7. The molecule has 3 amide bonds. The first kappa shape index (κ1) is 61.5. The first-order valence-corrected chi connectivity index (χ1v) is 23.9. The first-order valence-electron chi connectivity index (χ1n) is 23.9. The van der Waals surface area contributed by atoms with Gasteiger partial charge >= 0.3 is 0 Å². The molecule has 33 heteroatoms. The van der Waals surface area contributed by atoms with E-state index in [1.807, 2.05) is 0 Å². The number of aliphatic hydroxyl groups is 16. The Morgan fingerprint density at radius 2 is 0.800 bits per heavy atom. The van der Waals surface area contributed by atoms with E-state index in [2.05, 4.69) is 16.0 Å². The van der Waals surface area contributed by atoms with Crippen LogP contribution in [-0.2, 0) is 66.5 Å². The zero-order chi connectivity index (χ0) is 55.5. The van der Waals surface area contributed by atoms with Gasteiger partial charge in [0.15, 0.2) is 37.7 Å². The van der Waals surface area contributed by atoms with Crippen molar-refractivity contribution in [2.75, 3.05) is 33.0 Å². The predicted octanol–water partition coefficient (Wildman–Crippen LogP) is -12.6. The van der Waals surface area contributed by atoms with Crippen LogP contribution in [0.5, 0.6) is 0 Å². The highest BCUT2D eigenvalue weighted by molar-refractivity contribution is 5.74. The second kappa shape index (κ2) is 26.5. The lowest BCUT2D eigenvalue weighted by atomic mass is 9.94. The van der Waals surface area contributed by atoms with Gasteiger partial charge in [-0.15, -0.1) is 0 Å². The molecule has 0 spiro atoms. The number of nitrogens with one attached hydrogen (secondary N) is 3. The van der Waals surface area contributed by atoms with E-state index >= 15 is 0 Å². The second-order valence-corrected chi connectivity index (χ2v) is 19.0. The van der Waals surface area contributed by atoms with Crippen molar-refractivity contribution in [2.24, 2.45) is 0 Å². The van der Waals surface area contributed by atoms with Gasteiger partial charge in [-0.25, -0.2) is 0 Å². The van der Waals surface area contributed by atoms with Crippen molar-refractivity contribution in [3.63, 3.8) is 0 Å². The average molecular weight is 1100 g/mol. The van der Waals surface area contributed by atoms with Crippen LogP contribution in [0.3, 0.4) is 0 Å². The quantitative estimate of drug-likeness (QED) is 0.0606. The van der Waals surface area contributed by atoms with Gasteiger partial charge in [0.25, 0.3) is 0 Å². The van der Waals surface area contributed by atoms with E-state index in [-0.39, 0.29) is 0 Å². The van der Waals surface area contributed by atoms with E-state index in [1.54, 1.807) is 0 Å². The Balaban J connectivity index is 1.28. The van der Waals surface area contributed by atoms with Crippen molar-refractivity contribution in [3.8, 4) is 0 Å². The van der Waals surface area contributed by atoms with Gasteiger partial charge in [-0.1, -0.05) is 0 Å². The van der Waals surface area contributed by atoms with Crippen molar-refractivity contribution in [1.82, 2.24) is 16.0 Å². The third-order valence-electron chi connectivity index (χ3n) is 13.6. The number of rotatable bonds is 18. The molecule has 6 rings (SSSR count). The molecule has 6 fully saturated rings. The van der Waals surface area contributed by atoms with Crippen LogP contribution in [0.25, 0.3) is 0 Å². The summed E-state index contributed by atoms with van der Waals surface area (Å²) in [7, 11) is 0. The van der Waals surface area contributed by atoms with E-state index in [4.69, 9.17) is 52.1 Å². The summed E-state index contributed by atoms with van der Waals surface area (Å²) in [6, 6.07) is -4.96. The van der Waals surface area contributed by atoms with Crippen molar-refractivity contribution in [2.45, 2.75) is 212 Å². The zero-order valence-corrected chi connectivity index (χ0v) is 40.7. The van der Waals surface area contributed by atoms with Gasteiger partial charge < -0.3 is 150 Å². The molecule has 0 aliphatic carbocycles. The Morgan fingerprint density at radius 1 is 0.373 bits per heavy atom. The lowest BCUT2D eigenvalue weighted by Crippen LogP contribution is -2.70. The van der Waals surface area contributed by atoms with Gasteiger partial charge in [-0.05, 0) is 6.92 Å². The Kier molecular flexibility index (Phi) is 21.8. The monoisotopic (exact) mass is 1100 g/mol. The number of aliphatic hydroxyl groups excluding tert-OH is 16. The number of amides is 3. The maximum atomic E-state index is 12.7. The first-order chi connectivity index (χ1) is 35.4. The van der Waals surface area contributed by atoms with E-state index < -0.39 is 235 Å². The fourth-order valence-electron chi connectivity index (χ4n) is 9.55. The molecule has 434 valence electrons. The molecular formula is C42H71N3O30. The van der Waals surface area contributed by atoms with Crippen LogP contribution in [-0.4, -0.2) is 317 Å². The molecule has 0 bridgehead atoms. The average Bonchev–Trinajstić information content (AvgIpc) is 3.36. The van der Waals surface area contributed by atoms with Crippen LogP contribution in [0.2, 0.25) is 0 Å². The summed E-state index contributed by atoms with van der Waals surface area (Å²) < 4.78 is 63.8. The van der Waals surface area contributed by atoms with Gasteiger partial charge in [-0.2, -0.15) is 0 Å². The van der Waals surface area contributed by atoms with Gasteiger partial charge in [0.1, 0.15) is 140 Å². The molecule has 1 unspecified atom stereocenters. The van der Waals surface area contributed by atoms with E-state index in [0.717, 1.165) is 20.8 Å². The fraction of sp³-hybridized carbons (Fsp3) is 0.929. The number of hydrogen-bond donors (Lipinski definition) is 19. The minimum atomic E-state index is -2.20. The van der Waals surface area contributed by atoms with Crippen molar-refractivity contribution in [1.29, 1.82) is 0 Å². The van der Waals surface area contributed by atoms with Gasteiger partial charge in [-0.3, -0.25) is 14.4 Å². The van der Waals surface area contributed by atoms with Crippen LogP contribution in [0.4, 0.5) is 0 Å². The summed E-state index contributed by atoms with van der Waals surface area (Å²) in [5, 5.41) is 180. The lowest BCUT2D eigenvalue weighted by molar-refractivity contribution is -0.385. The minimum Gasteiger partial charge on any atom is -0.394 e. The van der Waals surface area contributed by atoms with Crippen LogP contribution in [0.1, 0.15) is 27.7 Å². The topological polar surface area (TPSA) is 513 Å². The van der Waals surface area contributed by atoms with Crippen LogP contribution >= 0.6 is 0 Å². The third kappa shape index (κ3) is 13.7. The number of carbonyl (C=O) groups excluding carboxylic acids is 3. The molecule has 6 aliphatic heterocycles. The molecule has 30 atom stereocenters. The third-order valence-corrected chi connectivity index (χ3v) is 13.6.